The van der Waals surface area contributed by atoms with Gasteiger partial charge in [-0.15, -0.1) is 0 Å². The molecule has 0 aromatic heterocycles. The number of epoxide rings is 1. The van der Waals surface area contributed by atoms with Crippen molar-refractivity contribution in [3.63, 3.8) is 0 Å². The van der Waals surface area contributed by atoms with Gasteiger partial charge in [-0.1, -0.05) is 23.7 Å². The number of rotatable bonds is 2. The Balaban J connectivity index is 1.96. The van der Waals surface area contributed by atoms with E-state index in [0.29, 0.717) is 5.02 Å². The summed E-state index contributed by atoms with van der Waals surface area (Å²) in [5.74, 6) is -0.308. The van der Waals surface area contributed by atoms with Crippen LogP contribution < -0.4 is 0 Å². The van der Waals surface area contributed by atoms with E-state index in [1.54, 1.807) is 12.1 Å². The zero-order chi connectivity index (χ0) is 12.6. The summed E-state index contributed by atoms with van der Waals surface area (Å²) >= 11 is 5.79. The molecule has 0 amide bonds. The van der Waals surface area contributed by atoms with Crippen molar-refractivity contribution in [3.05, 3.63) is 34.9 Å². The molecule has 1 aromatic rings. The summed E-state index contributed by atoms with van der Waals surface area (Å²) in [6.45, 7) is 5.51. The largest absolute Gasteiger partial charge is 0.458 e. The van der Waals surface area contributed by atoms with Crippen LogP contribution in [0.15, 0.2) is 24.3 Å². The van der Waals surface area contributed by atoms with Crippen LogP contribution in [-0.4, -0.2) is 17.7 Å². The highest BCUT2D eigenvalue weighted by Gasteiger charge is 2.48. The van der Waals surface area contributed by atoms with Crippen LogP contribution >= 0.6 is 11.6 Å². The van der Waals surface area contributed by atoms with Crippen LogP contribution in [0, 0.1) is 0 Å². The highest BCUT2D eigenvalue weighted by molar-refractivity contribution is 6.30. The third-order valence-electron chi connectivity index (χ3n) is 2.33. The monoisotopic (exact) mass is 254 g/mol. The first-order chi connectivity index (χ1) is 7.87. The van der Waals surface area contributed by atoms with E-state index in [0.717, 1.165) is 5.56 Å². The quantitative estimate of drug-likeness (QED) is 0.601. The molecule has 4 heteroatoms. The van der Waals surface area contributed by atoms with E-state index in [1.165, 1.54) is 0 Å². The standard InChI is InChI=1S/C13H15ClO3/c1-13(2,3)17-12(15)11-10(16-11)8-4-6-9(14)7-5-8/h4-7,10-11H,1-3H3/t10-,11-/m1/s1. The van der Waals surface area contributed by atoms with Crippen LogP contribution in [0.4, 0.5) is 0 Å². The highest BCUT2D eigenvalue weighted by Crippen LogP contribution is 2.40. The molecule has 0 bridgehead atoms. The third kappa shape index (κ3) is 3.20. The molecule has 2 rings (SSSR count). The summed E-state index contributed by atoms with van der Waals surface area (Å²) in [7, 11) is 0. The van der Waals surface area contributed by atoms with Gasteiger partial charge in [0.05, 0.1) is 0 Å². The van der Waals surface area contributed by atoms with Crippen molar-refractivity contribution in [2.75, 3.05) is 0 Å². The molecule has 0 N–H and O–H groups in total. The van der Waals surface area contributed by atoms with Crippen molar-refractivity contribution in [1.29, 1.82) is 0 Å². The van der Waals surface area contributed by atoms with E-state index in [1.807, 2.05) is 32.9 Å². The number of esters is 1. The molecule has 1 fully saturated rings. The van der Waals surface area contributed by atoms with Crippen LogP contribution in [0.25, 0.3) is 0 Å². The Morgan fingerprint density at radius 1 is 1.29 bits per heavy atom. The minimum atomic E-state index is -0.479. The first-order valence-corrected chi connectivity index (χ1v) is 5.88. The first-order valence-electron chi connectivity index (χ1n) is 5.50. The van der Waals surface area contributed by atoms with Crippen LogP contribution in [0.5, 0.6) is 0 Å². The predicted octanol–water partition coefficient (Wildman–Crippen LogP) is 3.12. The fourth-order valence-electron chi connectivity index (χ4n) is 1.56. The zero-order valence-corrected chi connectivity index (χ0v) is 10.8. The first kappa shape index (κ1) is 12.4. The number of hydrogen-bond acceptors (Lipinski definition) is 3. The Morgan fingerprint density at radius 2 is 1.88 bits per heavy atom. The Kier molecular flexibility index (Phi) is 3.15. The van der Waals surface area contributed by atoms with Gasteiger partial charge in [-0.25, -0.2) is 4.79 Å². The summed E-state index contributed by atoms with van der Waals surface area (Å²) in [4.78, 5) is 11.7. The normalized spacial score (nSPS) is 23.3. The lowest BCUT2D eigenvalue weighted by Crippen LogP contribution is -2.26. The Morgan fingerprint density at radius 3 is 2.41 bits per heavy atom. The van der Waals surface area contributed by atoms with E-state index < -0.39 is 11.7 Å². The molecule has 1 aliphatic rings. The van der Waals surface area contributed by atoms with Gasteiger partial charge in [0.2, 0.25) is 0 Å². The highest BCUT2D eigenvalue weighted by atomic mass is 35.5. The molecule has 1 aliphatic heterocycles. The van der Waals surface area contributed by atoms with Crippen molar-refractivity contribution in [1.82, 2.24) is 0 Å². The molecule has 0 spiro atoms. The van der Waals surface area contributed by atoms with Gasteiger partial charge >= 0.3 is 5.97 Å². The number of ether oxygens (including phenoxy) is 2. The number of halogens is 1. The summed E-state index contributed by atoms with van der Waals surface area (Å²) in [6, 6.07) is 7.28. The number of carbonyl (C=O) groups is 1. The fraction of sp³-hybridized carbons (Fsp3) is 0.462. The van der Waals surface area contributed by atoms with Gasteiger partial charge in [-0.2, -0.15) is 0 Å². The molecule has 0 unspecified atom stereocenters. The molecule has 92 valence electrons. The molecule has 2 atom stereocenters. The van der Waals surface area contributed by atoms with Gasteiger partial charge in [0.15, 0.2) is 6.10 Å². The van der Waals surface area contributed by atoms with E-state index in [2.05, 4.69) is 0 Å². The molecule has 1 saturated heterocycles. The summed E-state index contributed by atoms with van der Waals surface area (Å²) in [5, 5.41) is 0.670. The Hall–Kier alpha value is -1.06. The van der Waals surface area contributed by atoms with Gasteiger partial charge in [0.1, 0.15) is 11.7 Å². The Bertz CT molecular complexity index is 419. The average molecular weight is 255 g/mol. The van der Waals surface area contributed by atoms with Crippen LogP contribution in [0.2, 0.25) is 5.02 Å². The molecule has 1 heterocycles. The second-order valence-electron chi connectivity index (χ2n) is 5.06. The molecule has 1 aromatic carbocycles. The van der Waals surface area contributed by atoms with Gasteiger partial charge in [-0.3, -0.25) is 0 Å². The molecule has 0 aliphatic carbocycles. The molecule has 0 saturated carbocycles. The maximum Gasteiger partial charge on any atom is 0.338 e. The number of hydrogen-bond donors (Lipinski definition) is 0. The second kappa shape index (κ2) is 4.31. The van der Waals surface area contributed by atoms with E-state index in [-0.39, 0.29) is 12.1 Å². The van der Waals surface area contributed by atoms with E-state index in [9.17, 15) is 4.79 Å². The average Bonchev–Trinajstić information content (AvgIpc) is 2.96. The topological polar surface area (TPSA) is 38.8 Å². The maximum absolute atomic E-state index is 11.7. The fourth-order valence-corrected chi connectivity index (χ4v) is 1.68. The van der Waals surface area contributed by atoms with E-state index >= 15 is 0 Å². The van der Waals surface area contributed by atoms with E-state index in [4.69, 9.17) is 21.1 Å². The van der Waals surface area contributed by atoms with Crippen molar-refractivity contribution < 1.29 is 14.3 Å². The molecule has 0 radical (unpaired) electrons. The summed E-state index contributed by atoms with van der Waals surface area (Å²) < 4.78 is 10.6. The van der Waals surface area contributed by atoms with Crippen molar-refractivity contribution in [3.8, 4) is 0 Å². The van der Waals surface area contributed by atoms with Crippen LogP contribution in [-0.2, 0) is 14.3 Å². The summed E-state index contributed by atoms with van der Waals surface area (Å²) in [6.07, 6.45) is -0.669. The molecule has 3 nitrogen and oxygen atoms in total. The SMILES string of the molecule is CC(C)(C)OC(=O)[C@@H]1O[C@@H]1c1ccc(Cl)cc1. The van der Waals surface area contributed by atoms with Crippen LogP contribution in [0.3, 0.4) is 0 Å². The lowest BCUT2D eigenvalue weighted by Gasteiger charge is -2.18. The lowest BCUT2D eigenvalue weighted by atomic mass is 10.1. The van der Waals surface area contributed by atoms with Gasteiger partial charge in [0.25, 0.3) is 0 Å². The molecular formula is C13H15ClO3. The number of carbonyl (C=O) groups excluding carboxylic acids is 1. The molecule has 17 heavy (non-hydrogen) atoms. The van der Waals surface area contributed by atoms with Crippen molar-refractivity contribution >= 4 is 17.6 Å². The Labute approximate surface area is 106 Å². The zero-order valence-electron chi connectivity index (χ0n) is 10.1. The minimum Gasteiger partial charge on any atom is -0.458 e. The third-order valence-corrected chi connectivity index (χ3v) is 2.58. The van der Waals surface area contributed by atoms with Crippen LogP contribution in [0.1, 0.15) is 32.4 Å². The number of benzene rings is 1. The summed E-state index contributed by atoms with van der Waals surface area (Å²) in [5.41, 5.74) is 0.471. The lowest BCUT2D eigenvalue weighted by molar-refractivity contribution is -0.156. The molecular weight excluding hydrogens is 240 g/mol. The van der Waals surface area contributed by atoms with Crippen molar-refractivity contribution in [2.45, 2.75) is 38.6 Å². The minimum absolute atomic E-state index is 0.192. The van der Waals surface area contributed by atoms with Gasteiger partial charge < -0.3 is 9.47 Å². The van der Waals surface area contributed by atoms with Crippen molar-refractivity contribution in [2.24, 2.45) is 0 Å². The van der Waals surface area contributed by atoms with Gasteiger partial charge in [-0.05, 0) is 38.5 Å². The van der Waals surface area contributed by atoms with Gasteiger partial charge in [0, 0.05) is 5.02 Å². The maximum atomic E-state index is 11.7. The predicted molar refractivity (Wildman–Crippen MR) is 64.9 cm³/mol. The second-order valence-corrected chi connectivity index (χ2v) is 5.50. The smallest absolute Gasteiger partial charge is 0.338 e.